The number of benzene rings is 2. The molecule has 0 radical (unpaired) electrons. The van der Waals surface area contributed by atoms with E-state index in [9.17, 15) is 5.11 Å². The van der Waals surface area contributed by atoms with Crippen LogP contribution in [0.25, 0.3) is 10.1 Å². The molecule has 26 heavy (non-hydrogen) atoms. The monoisotopic (exact) mass is 369 g/mol. The zero-order valence-electron chi connectivity index (χ0n) is 14.8. The van der Waals surface area contributed by atoms with Crippen LogP contribution in [0.1, 0.15) is 24.8 Å². The van der Waals surface area contributed by atoms with Crippen molar-refractivity contribution in [3.63, 3.8) is 0 Å². The number of anilines is 1. The van der Waals surface area contributed by atoms with E-state index in [4.69, 9.17) is 10.5 Å². The molecule has 6 heteroatoms. The minimum Gasteiger partial charge on any atom is -0.491 e. The summed E-state index contributed by atoms with van der Waals surface area (Å²) in [4.78, 5) is 5.13. The average Bonchev–Trinajstić information content (AvgIpc) is 3.05. The molecule has 136 valence electrons. The predicted molar refractivity (Wildman–Crippen MR) is 109 cm³/mol. The fraction of sp³-hybridized carbons (Fsp3) is 0.250. The maximum absolute atomic E-state index is 10.4. The number of nitrogens with zero attached hydrogens (tertiary/aromatic N) is 1. The highest BCUT2D eigenvalue weighted by atomic mass is 32.1. The number of aliphatic imine (C=N–C) groups is 1. The minimum absolute atomic E-state index is 0.135. The molecule has 2 aromatic carbocycles. The maximum Gasteiger partial charge on any atom is 0.193 e. The Labute approximate surface area is 157 Å². The molecule has 0 bridgehead atoms. The van der Waals surface area contributed by atoms with Crippen LogP contribution in [0, 0.1) is 0 Å². The molecule has 1 atom stereocenters. The average molecular weight is 369 g/mol. The fourth-order valence-corrected chi connectivity index (χ4v) is 3.56. The van der Waals surface area contributed by atoms with E-state index in [0.717, 1.165) is 26.4 Å². The fourth-order valence-electron chi connectivity index (χ4n) is 2.52. The van der Waals surface area contributed by atoms with Gasteiger partial charge in [-0.25, -0.2) is 0 Å². The van der Waals surface area contributed by atoms with Crippen molar-refractivity contribution >= 4 is 33.1 Å². The van der Waals surface area contributed by atoms with Gasteiger partial charge in [0, 0.05) is 15.3 Å². The molecule has 1 unspecified atom stereocenters. The molecular weight excluding hydrogens is 346 g/mol. The van der Waals surface area contributed by atoms with Gasteiger partial charge < -0.3 is 20.9 Å². The molecule has 1 aromatic heterocycles. The van der Waals surface area contributed by atoms with E-state index < -0.39 is 6.10 Å². The lowest BCUT2D eigenvalue weighted by atomic mass is 10.2. The first-order valence-corrected chi connectivity index (χ1v) is 9.33. The van der Waals surface area contributed by atoms with Crippen molar-refractivity contribution in [1.29, 1.82) is 0 Å². The van der Waals surface area contributed by atoms with Crippen molar-refractivity contribution in [2.45, 2.75) is 26.1 Å². The van der Waals surface area contributed by atoms with Gasteiger partial charge in [-0.2, -0.15) is 0 Å². The van der Waals surface area contributed by atoms with Gasteiger partial charge in [0.25, 0.3) is 0 Å². The molecule has 0 aliphatic rings. The van der Waals surface area contributed by atoms with Crippen molar-refractivity contribution in [2.24, 2.45) is 10.7 Å². The summed E-state index contributed by atoms with van der Waals surface area (Å²) >= 11 is 1.57. The topological polar surface area (TPSA) is 79.9 Å². The normalized spacial score (nSPS) is 13.2. The van der Waals surface area contributed by atoms with Gasteiger partial charge in [-0.1, -0.05) is 18.2 Å². The minimum atomic E-state index is -0.672. The number of fused-ring (bicyclic) bond motifs is 1. The summed E-state index contributed by atoms with van der Waals surface area (Å²) in [6, 6.07) is 17.6. The first-order chi connectivity index (χ1) is 12.5. The molecule has 1 heterocycles. The van der Waals surface area contributed by atoms with Crippen LogP contribution >= 0.6 is 11.3 Å². The van der Waals surface area contributed by atoms with E-state index in [1.807, 2.05) is 68.4 Å². The van der Waals surface area contributed by atoms with E-state index >= 15 is 0 Å². The van der Waals surface area contributed by atoms with Crippen LogP contribution in [-0.2, 0) is 0 Å². The molecule has 0 amide bonds. The Balaban J connectivity index is 1.58. The lowest BCUT2D eigenvalue weighted by Crippen LogP contribution is -2.23. The van der Waals surface area contributed by atoms with Crippen LogP contribution in [-0.4, -0.2) is 23.7 Å². The van der Waals surface area contributed by atoms with E-state index in [0.29, 0.717) is 0 Å². The summed E-state index contributed by atoms with van der Waals surface area (Å²) in [7, 11) is 0. The van der Waals surface area contributed by atoms with Crippen LogP contribution in [0.4, 0.5) is 5.69 Å². The molecule has 0 saturated heterocycles. The van der Waals surface area contributed by atoms with Crippen LogP contribution < -0.4 is 15.8 Å². The maximum atomic E-state index is 10.4. The Kier molecular flexibility index (Phi) is 5.75. The van der Waals surface area contributed by atoms with E-state index in [2.05, 4.69) is 10.3 Å². The lowest BCUT2D eigenvalue weighted by Gasteiger charge is -2.11. The van der Waals surface area contributed by atoms with Crippen molar-refractivity contribution in [1.82, 2.24) is 0 Å². The molecule has 0 spiro atoms. The van der Waals surface area contributed by atoms with Gasteiger partial charge in [-0.05, 0) is 55.6 Å². The van der Waals surface area contributed by atoms with Crippen molar-refractivity contribution in [2.75, 3.05) is 11.9 Å². The number of nitrogens with one attached hydrogen (secondary N) is 1. The van der Waals surface area contributed by atoms with Gasteiger partial charge in [0.2, 0.25) is 0 Å². The third-order valence-corrected chi connectivity index (χ3v) is 4.92. The highest BCUT2D eigenvalue weighted by Crippen LogP contribution is 2.29. The number of ether oxygens (including phenoxy) is 1. The van der Waals surface area contributed by atoms with Gasteiger partial charge >= 0.3 is 0 Å². The number of rotatable bonds is 6. The molecule has 0 aliphatic heterocycles. The van der Waals surface area contributed by atoms with Gasteiger partial charge in [0.05, 0.1) is 12.6 Å². The summed E-state index contributed by atoms with van der Waals surface area (Å²) in [5.74, 6) is 1.07. The number of thiophene rings is 1. The molecule has 4 N–H and O–H groups in total. The van der Waals surface area contributed by atoms with Gasteiger partial charge in [0.15, 0.2) is 5.96 Å². The zero-order chi connectivity index (χ0) is 18.5. The van der Waals surface area contributed by atoms with E-state index in [1.54, 1.807) is 11.3 Å². The lowest BCUT2D eigenvalue weighted by molar-refractivity contribution is 0.191. The van der Waals surface area contributed by atoms with E-state index in [-0.39, 0.29) is 18.6 Å². The SMILES string of the molecule is CC(C)Oc1ccc(NC(N)=NCC(O)c2cc3ccccc3s2)cc1. The Bertz CT molecular complexity index is 854. The van der Waals surface area contributed by atoms with Gasteiger partial charge in [-0.15, -0.1) is 11.3 Å². The molecule has 0 fully saturated rings. The number of hydrogen-bond acceptors (Lipinski definition) is 4. The third kappa shape index (κ3) is 4.74. The Morgan fingerprint density at radius 3 is 2.62 bits per heavy atom. The van der Waals surface area contributed by atoms with Crippen LogP contribution in [0.2, 0.25) is 0 Å². The highest BCUT2D eigenvalue weighted by molar-refractivity contribution is 7.19. The summed E-state index contributed by atoms with van der Waals surface area (Å²) < 4.78 is 6.76. The standard InChI is InChI=1S/C20H23N3O2S/c1-13(2)25-16-9-7-15(8-10-16)23-20(21)22-12-17(24)19-11-14-5-3-4-6-18(14)26-19/h3-11,13,17,24H,12H2,1-2H3,(H3,21,22,23). The largest absolute Gasteiger partial charge is 0.491 e. The Morgan fingerprint density at radius 2 is 1.92 bits per heavy atom. The van der Waals surface area contributed by atoms with Crippen LogP contribution in [0.3, 0.4) is 0 Å². The van der Waals surface area contributed by atoms with E-state index in [1.165, 1.54) is 0 Å². The molecule has 5 nitrogen and oxygen atoms in total. The van der Waals surface area contributed by atoms with Gasteiger partial charge in [0.1, 0.15) is 11.9 Å². The molecular formula is C20H23N3O2S. The smallest absolute Gasteiger partial charge is 0.193 e. The molecule has 3 rings (SSSR count). The third-order valence-electron chi connectivity index (χ3n) is 3.71. The molecule has 0 saturated carbocycles. The number of aliphatic hydroxyl groups excluding tert-OH is 1. The van der Waals surface area contributed by atoms with Crippen LogP contribution in [0.5, 0.6) is 5.75 Å². The zero-order valence-corrected chi connectivity index (χ0v) is 15.7. The number of aliphatic hydroxyl groups is 1. The number of guanidine groups is 1. The second kappa shape index (κ2) is 8.21. The second-order valence-corrected chi connectivity index (χ2v) is 7.36. The summed E-state index contributed by atoms with van der Waals surface area (Å²) in [5, 5.41) is 14.5. The number of nitrogens with two attached hydrogens (primary N) is 1. The summed E-state index contributed by atoms with van der Waals surface area (Å²) in [5.41, 5.74) is 6.74. The molecule has 3 aromatic rings. The number of hydrogen-bond donors (Lipinski definition) is 3. The second-order valence-electron chi connectivity index (χ2n) is 6.24. The Morgan fingerprint density at radius 1 is 1.19 bits per heavy atom. The summed E-state index contributed by atoms with van der Waals surface area (Å²) in [6.07, 6.45) is -0.537. The van der Waals surface area contributed by atoms with Gasteiger partial charge in [-0.3, -0.25) is 4.99 Å². The van der Waals surface area contributed by atoms with Crippen molar-refractivity contribution in [3.8, 4) is 5.75 Å². The van der Waals surface area contributed by atoms with Crippen molar-refractivity contribution < 1.29 is 9.84 Å². The first-order valence-electron chi connectivity index (χ1n) is 8.51. The first kappa shape index (κ1) is 18.2. The molecule has 0 aliphatic carbocycles. The highest BCUT2D eigenvalue weighted by Gasteiger charge is 2.11. The predicted octanol–water partition coefficient (Wildman–Crippen LogP) is 4.15. The Hall–Kier alpha value is -2.57. The van der Waals surface area contributed by atoms with Crippen LogP contribution in [0.15, 0.2) is 59.6 Å². The quantitative estimate of drug-likeness (QED) is 0.450. The van der Waals surface area contributed by atoms with Crippen molar-refractivity contribution in [3.05, 3.63) is 59.5 Å². The summed E-state index contributed by atoms with van der Waals surface area (Å²) in [6.45, 7) is 4.18.